The lowest BCUT2D eigenvalue weighted by Crippen LogP contribution is -2.18. The molecule has 33 heavy (non-hydrogen) atoms. The van der Waals surface area contributed by atoms with Crippen LogP contribution in [0, 0.1) is 23.6 Å². The minimum Gasteiger partial charge on any atom is -0.207 e. The van der Waals surface area contributed by atoms with Gasteiger partial charge in [-0.25, -0.2) is 4.39 Å². The molecule has 0 aromatic heterocycles. The van der Waals surface area contributed by atoms with E-state index in [0.717, 1.165) is 36.2 Å². The Balaban J connectivity index is 1.14. The van der Waals surface area contributed by atoms with Crippen LogP contribution in [0.2, 0.25) is 0 Å². The minimum absolute atomic E-state index is 0.0187. The van der Waals surface area contributed by atoms with E-state index in [1.165, 1.54) is 81.8 Å². The fraction of sp³-hybridized carbons (Fsp3) is 0.625. The van der Waals surface area contributed by atoms with Crippen molar-refractivity contribution in [1.82, 2.24) is 0 Å². The third kappa shape index (κ3) is 6.93. The van der Waals surface area contributed by atoms with Crippen molar-refractivity contribution in [2.45, 2.75) is 109 Å². The second-order valence-corrected chi connectivity index (χ2v) is 11.3. The Morgan fingerprint density at radius 2 is 1.39 bits per heavy atom. The van der Waals surface area contributed by atoms with Crippen LogP contribution < -0.4 is 0 Å². The zero-order valence-corrected chi connectivity index (χ0v) is 21.1. The Morgan fingerprint density at radius 3 is 2.00 bits per heavy atom. The zero-order valence-electron chi connectivity index (χ0n) is 21.1. The van der Waals surface area contributed by atoms with Gasteiger partial charge in [-0.05, 0) is 90.9 Å². The van der Waals surface area contributed by atoms with Crippen LogP contribution in [-0.4, -0.2) is 0 Å². The third-order valence-electron chi connectivity index (χ3n) is 8.92. The third-order valence-corrected chi connectivity index (χ3v) is 8.92. The van der Waals surface area contributed by atoms with Crippen LogP contribution >= 0.6 is 0 Å². The summed E-state index contributed by atoms with van der Waals surface area (Å²) < 4.78 is 14.4. The first-order valence-corrected chi connectivity index (χ1v) is 14.0. The van der Waals surface area contributed by atoms with Gasteiger partial charge in [0.15, 0.2) is 0 Å². The monoisotopic (exact) mass is 448 g/mol. The van der Waals surface area contributed by atoms with Crippen LogP contribution in [0.1, 0.15) is 119 Å². The van der Waals surface area contributed by atoms with Crippen molar-refractivity contribution in [2.75, 3.05) is 0 Å². The highest BCUT2D eigenvalue weighted by molar-refractivity contribution is 5.27. The molecule has 2 saturated carbocycles. The van der Waals surface area contributed by atoms with Crippen LogP contribution in [0.3, 0.4) is 0 Å². The van der Waals surface area contributed by atoms with Crippen molar-refractivity contribution >= 4 is 0 Å². The van der Waals surface area contributed by atoms with Gasteiger partial charge in [-0.3, -0.25) is 0 Å². The second-order valence-electron chi connectivity index (χ2n) is 11.3. The summed E-state index contributed by atoms with van der Waals surface area (Å²) in [5.41, 5.74) is 3.64. The molecule has 0 bridgehead atoms. The smallest absolute Gasteiger partial charge is 0.126 e. The van der Waals surface area contributed by atoms with Crippen molar-refractivity contribution in [3.63, 3.8) is 0 Å². The Labute approximate surface area is 202 Å². The molecule has 0 N–H and O–H groups in total. The Morgan fingerprint density at radius 1 is 0.788 bits per heavy atom. The molecule has 1 atom stereocenters. The minimum atomic E-state index is 0.0187. The quantitative estimate of drug-likeness (QED) is 0.358. The SMILES string of the molecule is CCCc1ccc(C2CCC(CCC3CCC(C[C@@H](C)c4ccccc4)CC3)CC2)cc1F. The lowest BCUT2D eigenvalue weighted by Gasteiger charge is -2.33. The molecular formula is C32H45F. The topological polar surface area (TPSA) is 0 Å². The molecule has 4 rings (SSSR count). The summed E-state index contributed by atoms with van der Waals surface area (Å²) in [5, 5.41) is 0. The molecule has 2 aromatic carbocycles. The number of hydrogen-bond donors (Lipinski definition) is 0. The maximum Gasteiger partial charge on any atom is 0.126 e. The molecule has 0 spiro atoms. The van der Waals surface area contributed by atoms with Crippen molar-refractivity contribution in [3.8, 4) is 0 Å². The average Bonchev–Trinajstić information content (AvgIpc) is 2.86. The zero-order chi connectivity index (χ0) is 23.0. The number of hydrogen-bond acceptors (Lipinski definition) is 0. The molecule has 2 fully saturated rings. The van der Waals surface area contributed by atoms with Gasteiger partial charge in [0.25, 0.3) is 0 Å². The van der Waals surface area contributed by atoms with Gasteiger partial charge in [0, 0.05) is 0 Å². The summed E-state index contributed by atoms with van der Waals surface area (Å²) in [7, 11) is 0. The molecule has 1 heteroatoms. The second kappa shape index (κ2) is 12.2. The molecule has 180 valence electrons. The van der Waals surface area contributed by atoms with Crippen molar-refractivity contribution in [3.05, 3.63) is 71.0 Å². The van der Waals surface area contributed by atoms with E-state index in [9.17, 15) is 4.39 Å². The molecule has 2 aliphatic rings. The molecule has 2 aliphatic carbocycles. The van der Waals surface area contributed by atoms with E-state index < -0.39 is 0 Å². The first-order chi connectivity index (χ1) is 16.1. The van der Waals surface area contributed by atoms with E-state index in [1.54, 1.807) is 0 Å². The molecular weight excluding hydrogens is 403 g/mol. The van der Waals surface area contributed by atoms with Gasteiger partial charge in [0.1, 0.15) is 5.82 Å². The summed E-state index contributed by atoms with van der Waals surface area (Å²) >= 11 is 0. The lowest BCUT2D eigenvalue weighted by molar-refractivity contribution is 0.220. The summed E-state index contributed by atoms with van der Waals surface area (Å²) in [6.45, 7) is 4.53. The van der Waals surface area contributed by atoms with Gasteiger partial charge in [-0.15, -0.1) is 0 Å². The van der Waals surface area contributed by atoms with Gasteiger partial charge in [-0.2, -0.15) is 0 Å². The number of aryl methyl sites for hydroxylation is 1. The number of rotatable bonds is 9. The molecule has 0 saturated heterocycles. The molecule has 0 amide bonds. The summed E-state index contributed by atoms with van der Waals surface area (Å²) in [5.74, 6) is 4.08. The number of benzene rings is 2. The van der Waals surface area contributed by atoms with E-state index >= 15 is 0 Å². The molecule has 0 heterocycles. The van der Waals surface area contributed by atoms with Crippen molar-refractivity contribution < 1.29 is 4.39 Å². The molecule has 0 unspecified atom stereocenters. The van der Waals surface area contributed by atoms with Crippen LogP contribution in [0.4, 0.5) is 4.39 Å². The fourth-order valence-electron chi connectivity index (χ4n) is 6.72. The molecule has 0 aliphatic heterocycles. The number of halogens is 1. The largest absolute Gasteiger partial charge is 0.207 e. The molecule has 0 nitrogen and oxygen atoms in total. The summed E-state index contributed by atoms with van der Waals surface area (Å²) in [4.78, 5) is 0. The van der Waals surface area contributed by atoms with E-state index in [1.807, 2.05) is 12.1 Å². The van der Waals surface area contributed by atoms with E-state index in [4.69, 9.17) is 0 Å². The van der Waals surface area contributed by atoms with Crippen molar-refractivity contribution in [2.24, 2.45) is 17.8 Å². The Kier molecular flexibility index (Phi) is 9.04. The Hall–Kier alpha value is -1.63. The molecule has 2 aromatic rings. The fourth-order valence-corrected chi connectivity index (χ4v) is 6.72. The van der Waals surface area contributed by atoms with Gasteiger partial charge in [-0.1, -0.05) is 101 Å². The van der Waals surface area contributed by atoms with E-state index in [0.29, 0.717) is 11.8 Å². The van der Waals surface area contributed by atoms with Crippen molar-refractivity contribution in [1.29, 1.82) is 0 Å². The van der Waals surface area contributed by atoms with Gasteiger partial charge in [0.05, 0.1) is 0 Å². The highest BCUT2D eigenvalue weighted by Crippen LogP contribution is 2.41. The van der Waals surface area contributed by atoms with E-state index in [-0.39, 0.29) is 5.82 Å². The lowest BCUT2D eigenvalue weighted by atomic mass is 9.73. The van der Waals surface area contributed by atoms with Gasteiger partial charge >= 0.3 is 0 Å². The maximum absolute atomic E-state index is 14.4. The predicted molar refractivity (Wildman–Crippen MR) is 139 cm³/mol. The van der Waals surface area contributed by atoms with Crippen LogP contribution in [0.5, 0.6) is 0 Å². The van der Waals surface area contributed by atoms with E-state index in [2.05, 4.69) is 50.2 Å². The predicted octanol–water partition coefficient (Wildman–Crippen LogP) is 9.83. The average molecular weight is 449 g/mol. The highest BCUT2D eigenvalue weighted by atomic mass is 19.1. The molecule has 0 radical (unpaired) electrons. The summed E-state index contributed by atoms with van der Waals surface area (Å²) in [6.07, 6.45) is 17.0. The first kappa shape index (κ1) is 24.5. The van der Waals surface area contributed by atoms with Gasteiger partial charge < -0.3 is 0 Å². The first-order valence-electron chi connectivity index (χ1n) is 14.0. The van der Waals surface area contributed by atoms with Gasteiger partial charge in [0.2, 0.25) is 0 Å². The standard InChI is InChI=1S/C32H45F/c1-3-7-30-20-21-31(23-32(30)33)29-18-16-26(17-19-29)11-10-25-12-14-27(15-13-25)22-24(2)28-8-5-4-6-9-28/h4-6,8-9,20-21,23-27,29H,3,7,10-19,22H2,1-2H3/t24-,25?,26?,27?,29?/m1/s1. The van der Waals surface area contributed by atoms with Crippen LogP contribution in [0.15, 0.2) is 48.5 Å². The maximum atomic E-state index is 14.4. The normalized spacial score (nSPS) is 26.8. The Bertz CT molecular complexity index is 825. The highest BCUT2D eigenvalue weighted by Gasteiger charge is 2.26. The van der Waals surface area contributed by atoms with Crippen LogP contribution in [0.25, 0.3) is 0 Å². The van der Waals surface area contributed by atoms with Crippen LogP contribution in [-0.2, 0) is 6.42 Å². The summed E-state index contributed by atoms with van der Waals surface area (Å²) in [6, 6.07) is 17.2.